The molecule has 0 aliphatic rings. The quantitative estimate of drug-likeness (QED) is 0.832. The smallest absolute Gasteiger partial charge is 0.141 e. The summed E-state index contributed by atoms with van der Waals surface area (Å²) in [4.78, 5) is 0. The first-order chi connectivity index (χ1) is 7.50. The van der Waals surface area contributed by atoms with Gasteiger partial charge < -0.3 is 5.73 Å². The molecular weight excluding hydrogens is 229 g/mol. The van der Waals surface area contributed by atoms with E-state index in [0.29, 0.717) is 5.82 Å². The number of nitrogens with zero attached hydrogens (tertiary/aromatic N) is 2. The molecule has 1 aromatic heterocycles. The minimum absolute atomic E-state index is 0.0844. The zero-order chi connectivity index (χ0) is 11.9. The fourth-order valence-electron chi connectivity index (χ4n) is 1.56. The molecular formula is C11H11ClFN3. The Balaban J connectivity index is 2.59. The van der Waals surface area contributed by atoms with Gasteiger partial charge in [0.1, 0.15) is 11.6 Å². The molecule has 0 saturated carbocycles. The van der Waals surface area contributed by atoms with Crippen molar-refractivity contribution in [2.24, 2.45) is 7.05 Å². The van der Waals surface area contributed by atoms with Crippen molar-refractivity contribution in [3.8, 4) is 11.3 Å². The topological polar surface area (TPSA) is 43.8 Å². The van der Waals surface area contributed by atoms with E-state index in [-0.39, 0.29) is 5.02 Å². The molecule has 16 heavy (non-hydrogen) atoms. The van der Waals surface area contributed by atoms with E-state index in [4.69, 9.17) is 17.3 Å². The predicted octanol–water partition coefficient (Wildman–Crippen LogP) is 2.77. The molecule has 5 heteroatoms. The summed E-state index contributed by atoms with van der Waals surface area (Å²) < 4.78 is 14.6. The lowest BCUT2D eigenvalue weighted by molar-refractivity contribution is 0.628. The Morgan fingerprint density at radius 3 is 2.62 bits per heavy atom. The summed E-state index contributed by atoms with van der Waals surface area (Å²) in [7, 11) is 1.76. The molecule has 2 N–H and O–H groups in total. The molecule has 0 amide bonds. The number of hydrogen-bond donors (Lipinski definition) is 1. The lowest BCUT2D eigenvalue weighted by Gasteiger charge is -2.00. The van der Waals surface area contributed by atoms with Gasteiger partial charge in [-0.05, 0) is 25.1 Å². The van der Waals surface area contributed by atoms with Crippen LogP contribution in [0.1, 0.15) is 5.56 Å². The summed E-state index contributed by atoms with van der Waals surface area (Å²) >= 11 is 5.72. The van der Waals surface area contributed by atoms with Crippen molar-refractivity contribution in [3.63, 3.8) is 0 Å². The number of benzene rings is 1. The number of nitrogens with two attached hydrogens (primary N) is 1. The highest BCUT2D eigenvalue weighted by molar-refractivity contribution is 6.31. The number of nitrogen functional groups attached to an aromatic ring is 1. The summed E-state index contributed by atoms with van der Waals surface area (Å²) in [5, 5.41) is 4.35. The van der Waals surface area contributed by atoms with Crippen molar-refractivity contribution in [3.05, 3.63) is 34.6 Å². The van der Waals surface area contributed by atoms with E-state index >= 15 is 0 Å². The van der Waals surface area contributed by atoms with Crippen LogP contribution in [0.5, 0.6) is 0 Å². The molecule has 0 aliphatic heterocycles. The van der Waals surface area contributed by atoms with Crippen LogP contribution in [-0.2, 0) is 7.05 Å². The maximum atomic E-state index is 13.0. The monoisotopic (exact) mass is 239 g/mol. The Morgan fingerprint density at radius 1 is 1.44 bits per heavy atom. The number of aryl methyl sites for hydroxylation is 1. The highest BCUT2D eigenvalue weighted by Crippen LogP contribution is 2.28. The van der Waals surface area contributed by atoms with E-state index in [2.05, 4.69) is 5.10 Å². The first-order valence-corrected chi connectivity index (χ1v) is 5.13. The van der Waals surface area contributed by atoms with Crippen molar-refractivity contribution in [1.29, 1.82) is 0 Å². The second-order valence-electron chi connectivity index (χ2n) is 3.61. The molecule has 0 radical (unpaired) electrons. The Morgan fingerprint density at radius 2 is 2.12 bits per heavy atom. The van der Waals surface area contributed by atoms with Crippen LogP contribution in [-0.4, -0.2) is 9.78 Å². The number of halogens is 2. The van der Waals surface area contributed by atoms with E-state index in [1.165, 1.54) is 6.07 Å². The van der Waals surface area contributed by atoms with Crippen LogP contribution in [0.4, 0.5) is 10.2 Å². The largest absolute Gasteiger partial charge is 0.384 e. The number of rotatable bonds is 1. The second-order valence-corrected chi connectivity index (χ2v) is 4.02. The highest BCUT2D eigenvalue weighted by Gasteiger charge is 2.12. The molecule has 84 valence electrons. The fraction of sp³-hybridized carbons (Fsp3) is 0.182. The maximum Gasteiger partial charge on any atom is 0.141 e. The van der Waals surface area contributed by atoms with Crippen molar-refractivity contribution >= 4 is 17.4 Å². The summed E-state index contributed by atoms with van der Waals surface area (Å²) in [5.74, 6) is 0.155. The first kappa shape index (κ1) is 11.0. The minimum atomic E-state index is -0.438. The molecule has 0 saturated heterocycles. The molecule has 1 aromatic carbocycles. The SMILES string of the molecule is Cc1c(-c2ccc(F)c(Cl)c2)nn(C)c1N. The normalized spacial score (nSPS) is 10.8. The summed E-state index contributed by atoms with van der Waals surface area (Å²) in [6.45, 7) is 1.87. The molecule has 0 bridgehead atoms. The standard InChI is InChI=1S/C11H11ClFN3/c1-6-10(15-16(2)11(6)14)7-3-4-9(13)8(12)5-7/h3-5H,14H2,1-2H3. The second kappa shape index (κ2) is 3.79. The molecule has 1 heterocycles. The van der Waals surface area contributed by atoms with Crippen LogP contribution >= 0.6 is 11.6 Å². The van der Waals surface area contributed by atoms with Crippen molar-refractivity contribution < 1.29 is 4.39 Å². The van der Waals surface area contributed by atoms with Crippen LogP contribution in [0.3, 0.4) is 0 Å². The molecule has 3 nitrogen and oxygen atoms in total. The summed E-state index contributed by atoms with van der Waals surface area (Å²) in [6.07, 6.45) is 0. The van der Waals surface area contributed by atoms with E-state index in [1.807, 2.05) is 6.92 Å². The van der Waals surface area contributed by atoms with E-state index < -0.39 is 5.82 Å². The van der Waals surface area contributed by atoms with Crippen molar-refractivity contribution in [2.75, 3.05) is 5.73 Å². The summed E-state index contributed by atoms with van der Waals surface area (Å²) in [6, 6.07) is 4.50. The van der Waals surface area contributed by atoms with Crippen LogP contribution in [0.25, 0.3) is 11.3 Å². The van der Waals surface area contributed by atoms with Crippen LogP contribution in [0.15, 0.2) is 18.2 Å². The molecule has 0 atom stereocenters. The van der Waals surface area contributed by atoms with Gasteiger partial charge in [-0.25, -0.2) is 4.39 Å². The number of aromatic nitrogens is 2. The number of hydrogen-bond acceptors (Lipinski definition) is 2. The van der Waals surface area contributed by atoms with Gasteiger partial charge in [-0.15, -0.1) is 0 Å². The molecule has 0 fully saturated rings. The third-order valence-corrected chi connectivity index (χ3v) is 2.82. The van der Waals surface area contributed by atoms with E-state index in [0.717, 1.165) is 16.8 Å². The lowest BCUT2D eigenvalue weighted by atomic mass is 10.1. The van der Waals surface area contributed by atoms with Crippen LogP contribution in [0, 0.1) is 12.7 Å². The molecule has 2 aromatic rings. The average Bonchev–Trinajstić information content (AvgIpc) is 2.50. The lowest BCUT2D eigenvalue weighted by Crippen LogP contribution is -1.97. The predicted molar refractivity (Wildman–Crippen MR) is 62.8 cm³/mol. The van der Waals surface area contributed by atoms with Gasteiger partial charge in [-0.3, -0.25) is 4.68 Å². The van der Waals surface area contributed by atoms with Gasteiger partial charge >= 0.3 is 0 Å². The molecule has 0 unspecified atom stereocenters. The molecule has 0 spiro atoms. The van der Waals surface area contributed by atoms with Crippen molar-refractivity contribution in [1.82, 2.24) is 9.78 Å². The van der Waals surface area contributed by atoms with Gasteiger partial charge in [0.2, 0.25) is 0 Å². The van der Waals surface area contributed by atoms with Gasteiger partial charge in [-0.2, -0.15) is 5.10 Å². The Hall–Kier alpha value is -1.55. The van der Waals surface area contributed by atoms with Gasteiger partial charge in [0.15, 0.2) is 0 Å². The van der Waals surface area contributed by atoms with E-state index in [9.17, 15) is 4.39 Å². The van der Waals surface area contributed by atoms with Crippen LogP contribution in [0.2, 0.25) is 5.02 Å². The Bertz CT molecular complexity index is 548. The van der Waals surface area contributed by atoms with Gasteiger partial charge in [-0.1, -0.05) is 11.6 Å². The molecule has 2 rings (SSSR count). The zero-order valence-corrected chi connectivity index (χ0v) is 9.72. The first-order valence-electron chi connectivity index (χ1n) is 4.75. The Kier molecular flexibility index (Phi) is 2.59. The zero-order valence-electron chi connectivity index (χ0n) is 8.96. The maximum absolute atomic E-state index is 13.0. The fourth-order valence-corrected chi connectivity index (χ4v) is 1.74. The van der Waals surface area contributed by atoms with E-state index in [1.54, 1.807) is 23.9 Å². The minimum Gasteiger partial charge on any atom is -0.384 e. The molecule has 0 aliphatic carbocycles. The average molecular weight is 240 g/mol. The van der Waals surface area contributed by atoms with Gasteiger partial charge in [0.05, 0.1) is 10.7 Å². The highest BCUT2D eigenvalue weighted by atomic mass is 35.5. The van der Waals surface area contributed by atoms with Crippen LogP contribution < -0.4 is 5.73 Å². The number of anilines is 1. The third-order valence-electron chi connectivity index (χ3n) is 2.53. The summed E-state index contributed by atoms with van der Waals surface area (Å²) in [5.41, 5.74) is 8.15. The Labute approximate surface area is 97.6 Å². The van der Waals surface area contributed by atoms with Gasteiger partial charge in [0, 0.05) is 18.2 Å². The van der Waals surface area contributed by atoms with Gasteiger partial charge in [0.25, 0.3) is 0 Å². The third kappa shape index (κ3) is 1.65. The van der Waals surface area contributed by atoms with Crippen molar-refractivity contribution in [2.45, 2.75) is 6.92 Å².